The lowest BCUT2D eigenvalue weighted by Gasteiger charge is -2.10. The molecule has 10 heteroatoms. The molecule has 0 aliphatic rings. The molecule has 0 amide bonds. The Hall–Kier alpha value is -2.13. The third-order valence-electron chi connectivity index (χ3n) is 3.55. The Morgan fingerprint density at radius 1 is 1.42 bits per heavy atom. The van der Waals surface area contributed by atoms with Crippen LogP contribution >= 0.6 is 23.8 Å². The first-order valence-electron chi connectivity index (χ1n) is 7.62. The van der Waals surface area contributed by atoms with Gasteiger partial charge in [0.25, 0.3) is 5.56 Å². The molecule has 140 valence electrons. The van der Waals surface area contributed by atoms with E-state index in [2.05, 4.69) is 9.98 Å². The lowest BCUT2D eigenvalue weighted by molar-refractivity contribution is -0.137. The van der Waals surface area contributed by atoms with Crippen molar-refractivity contribution in [3.8, 4) is 5.88 Å². The Morgan fingerprint density at radius 3 is 2.73 bits per heavy atom. The summed E-state index contributed by atoms with van der Waals surface area (Å²) >= 11 is 10.9. The highest BCUT2D eigenvalue weighted by molar-refractivity contribution is 7.71. The molecule has 0 saturated carbocycles. The molecule has 2 rings (SSSR count). The van der Waals surface area contributed by atoms with Crippen LogP contribution in [0, 0.1) is 4.77 Å². The second-order valence-electron chi connectivity index (χ2n) is 5.42. The average Bonchev–Trinajstić information content (AvgIpc) is 2.54. The number of hydrogen-bond donors (Lipinski definition) is 2. The first-order valence-corrected chi connectivity index (χ1v) is 8.40. The third-order valence-corrected chi connectivity index (χ3v) is 4.19. The fourth-order valence-corrected chi connectivity index (χ4v) is 2.57. The zero-order chi connectivity index (χ0) is 19.5. The molecule has 0 aliphatic heterocycles. The molecule has 1 aromatic heterocycles. The van der Waals surface area contributed by atoms with Crippen molar-refractivity contribution in [2.24, 2.45) is 4.99 Å². The van der Waals surface area contributed by atoms with Crippen LogP contribution in [-0.4, -0.2) is 20.9 Å². The molecule has 1 heterocycles. The van der Waals surface area contributed by atoms with Crippen molar-refractivity contribution in [3.05, 3.63) is 49.5 Å². The van der Waals surface area contributed by atoms with Gasteiger partial charge in [0.15, 0.2) is 4.77 Å². The SMILES string of the molecule is CCCCn1c(O)c(C=Nc2cc(C(F)(F)F)ccc2Cl)c(=O)[nH]c1=S. The number of aromatic amines is 1. The molecule has 0 bridgehead atoms. The maximum atomic E-state index is 12.8. The quantitative estimate of drug-likeness (QED) is 0.552. The molecule has 0 radical (unpaired) electrons. The number of aromatic hydroxyl groups is 1. The lowest BCUT2D eigenvalue weighted by atomic mass is 10.2. The van der Waals surface area contributed by atoms with Crippen molar-refractivity contribution in [2.45, 2.75) is 32.5 Å². The highest BCUT2D eigenvalue weighted by Crippen LogP contribution is 2.35. The van der Waals surface area contributed by atoms with Gasteiger partial charge >= 0.3 is 6.18 Å². The molecule has 0 fully saturated rings. The first kappa shape index (κ1) is 20.2. The van der Waals surface area contributed by atoms with Crippen LogP contribution in [0.4, 0.5) is 18.9 Å². The summed E-state index contributed by atoms with van der Waals surface area (Å²) in [6.45, 7) is 2.33. The Balaban J connectivity index is 2.49. The van der Waals surface area contributed by atoms with Crippen molar-refractivity contribution < 1.29 is 18.3 Å². The number of H-pyrrole nitrogens is 1. The monoisotopic (exact) mass is 405 g/mol. The zero-order valence-corrected chi connectivity index (χ0v) is 15.2. The number of nitrogens with zero attached hydrogens (tertiary/aromatic N) is 2. The zero-order valence-electron chi connectivity index (χ0n) is 13.6. The summed E-state index contributed by atoms with van der Waals surface area (Å²) in [6, 6.07) is 2.65. The summed E-state index contributed by atoms with van der Waals surface area (Å²) in [5.41, 5.74) is -2.02. The van der Waals surface area contributed by atoms with E-state index >= 15 is 0 Å². The lowest BCUT2D eigenvalue weighted by Crippen LogP contribution is -2.18. The molecule has 1 aromatic carbocycles. The molecule has 0 unspecified atom stereocenters. The number of aliphatic imine (C=N–C) groups is 1. The molecule has 2 N–H and O–H groups in total. The predicted molar refractivity (Wildman–Crippen MR) is 96.2 cm³/mol. The van der Waals surface area contributed by atoms with E-state index < -0.39 is 23.2 Å². The Morgan fingerprint density at radius 2 is 2.12 bits per heavy atom. The standard InChI is InChI=1S/C16H15ClF3N3O2S/c1-2-3-6-23-14(25)10(13(24)22-15(23)26)8-21-12-7-9(16(18,19)20)4-5-11(12)17/h4-5,7-8,25H,2-3,6H2,1H3,(H,22,24,26). The van der Waals surface area contributed by atoms with Gasteiger partial charge in [-0.15, -0.1) is 0 Å². The summed E-state index contributed by atoms with van der Waals surface area (Å²) < 4.78 is 39.8. The number of hydrogen-bond acceptors (Lipinski definition) is 4. The van der Waals surface area contributed by atoms with Gasteiger partial charge in [-0.05, 0) is 36.8 Å². The molecule has 0 atom stereocenters. The van der Waals surface area contributed by atoms with Gasteiger partial charge in [0.2, 0.25) is 5.88 Å². The second kappa shape index (κ2) is 8.05. The smallest absolute Gasteiger partial charge is 0.416 e. The van der Waals surface area contributed by atoms with E-state index in [0.717, 1.165) is 30.8 Å². The summed E-state index contributed by atoms with van der Waals surface area (Å²) in [7, 11) is 0. The minimum atomic E-state index is -4.55. The van der Waals surface area contributed by atoms with E-state index in [1.807, 2.05) is 6.92 Å². The van der Waals surface area contributed by atoms with Gasteiger partial charge < -0.3 is 5.11 Å². The van der Waals surface area contributed by atoms with Gasteiger partial charge in [-0.3, -0.25) is 19.3 Å². The number of unbranched alkanes of at least 4 members (excludes halogenated alkanes) is 1. The van der Waals surface area contributed by atoms with Crippen LogP contribution < -0.4 is 5.56 Å². The fourth-order valence-electron chi connectivity index (χ4n) is 2.14. The number of rotatable bonds is 5. The molecule has 2 aromatic rings. The van der Waals surface area contributed by atoms with Gasteiger partial charge in [0, 0.05) is 12.8 Å². The van der Waals surface area contributed by atoms with Crippen LogP contribution in [0.25, 0.3) is 0 Å². The van der Waals surface area contributed by atoms with E-state index in [-0.39, 0.29) is 21.0 Å². The van der Waals surface area contributed by atoms with E-state index in [0.29, 0.717) is 13.0 Å². The summed E-state index contributed by atoms with van der Waals surface area (Å²) in [4.78, 5) is 18.3. The van der Waals surface area contributed by atoms with Crippen molar-refractivity contribution in [2.75, 3.05) is 0 Å². The maximum Gasteiger partial charge on any atom is 0.416 e. The maximum absolute atomic E-state index is 12.8. The van der Waals surface area contributed by atoms with Crippen LogP contribution in [0.2, 0.25) is 5.02 Å². The second-order valence-corrected chi connectivity index (χ2v) is 6.22. The van der Waals surface area contributed by atoms with Gasteiger partial charge in [0.05, 0.1) is 16.3 Å². The Bertz CT molecular complexity index is 951. The average molecular weight is 406 g/mol. The number of aromatic nitrogens is 2. The van der Waals surface area contributed by atoms with Crippen molar-refractivity contribution in [1.82, 2.24) is 9.55 Å². The minimum absolute atomic E-state index is 0.0242. The van der Waals surface area contributed by atoms with Crippen molar-refractivity contribution >= 4 is 35.7 Å². The molecule has 0 saturated heterocycles. The molecule has 5 nitrogen and oxygen atoms in total. The summed E-state index contributed by atoms with van der Waals surface area (Å²) in [5, 5.41) is 10.3. The van der Waals surface area contributed by atoms with E-state index in [4.69, 9.17) is 23.8 Å². The minimum Gasteiger partial charge on any atom is -0.494 e. The van der Waals surface area contributed by atoms with Crippen molar-refractivity contribution in [1.29, 1.82) is 0 Å². The normalized spacial score (nSPS) is 12.0. The molecular weight excluding hydrogens is 391 g/mol. The third kappa shape index (κ3) is 4.53. The molecule has 0 aliphatic carbocycles. The first-order chi connectivity index (χ1) is 12.1. The number of halogens is 4. The van der Waals surface area contributed by atoms with E-state index in [1.54, 1.807) is 0 Å². The fraction of sp³-hybridized carbons (Fsp3) is 0.312. The Kier molecular flexibility index (Phi) is 6.25. The number of alkyl halides is 3. The van der Waals surface area contributed by atoms with Crippen LogP contribution in [0.15, 0.2) is 28.0 Å². The van der Waals surface area contributed by atoms with E-state index in [9.17, 15) is 23.1 Å². The molecular formula is C16H15ClF3N3O2S. The Labute approximate surface area is 156 Å². The topological polar surface area (TPSA) is 70.4 Å². The number of nitrogens with one attached hydrogen (secondary N) is 1. The van der Waals surface area contributed by atoms with Crippen LogP contribution in [0.5, 0.6) is 5.88 Å². The predicted octanol–water partition coefficient (Wildman–Crippen LogP) is 4.83. The van der Waals surface area contributed by atoms with Crippen molar-refractivity contribution in [3.63, 3.8) is 0 Å². The highest BCUT2D eigenvalue weighted by Gasteiger charge is 2.30. The largest absolute Gasteiger partial charge is 0.494 e. The van der Waals surface area contributed by atoms with E-state index in [1.165, 1.54) is 4.57 Å². The van der Waals surface area contributed by atoms with Gasteiger partial charge in [-0.25, -0.2) is 0 Å². The van der Waals surface area contributed by atoms with Crippen LogP contribution in [-0.2, 0) is 12.7 Å². The summed E-state index contributed by atoms with van der Waals surface area (Å²) in [6.07, 6.45) is -2.04. The molecule has 26 heavy (non-hydrogen) atoms. The number of benzene rings is 1. The van der Waals surface area contributed by atoms with Gasteiger partial charge in [0.1, 0.15) is 5.56 Å². The molecule has 0 spiro atoms. The highest BCUT2D eigenvalue weighted by atomic mass is 35.5. The van der Waals surface area contributed by atoms with Crippen LogP contribution in [0.3, 0.4) is 0 Å². The van der Waals surface area contributed by atoms with Crippen LogP contribution in [0.1, 0.15) is 30.9 Å². The van der Waals surface area contributed by atoms with Gasteiger partial charge in [-0.1, -0.05) is 24.9 Å². The van der Waals surface area contributed by atoms with Gasteiger partial charge in [-0.2, -0.15) is 13.2 Å². The summed E-state index contributed by atoms with van der Waals surface area (Å²) in [5.74, 6) is -0.404.